The number of hydrogen-bond acceptors (Lipinski definition) is 5. The number of nitrogens with one attached hydrogen (secondary N) is 2. The fourth-order valence-corrected chi connectivity index (χ4v) is 3.07. The molecule has 0 fully saturated rings. The zero-order valence-corrected chi connectivity index (χ0v) is 14.7. The van der Waals surface area contributed by atoms with Gasteiger partial charge in [0, 0.05) is 17.3 Å². The summed E-state index contributed by atoms with van der Waals surface area (Å²) in [5, 5.41) is 12.6. The Morgan fingerprint density at radius 3 is 2.69 bits per heavy atom. The first-order valence-electron chi connectivity index (χ1n) is 7.84. The number of urea groups is 1. The Kier molecular flexibility index (Phi) is 4.24. The Balaban J connectivity index is 1.49. The van der Waals surface area contributed by atoms with Crippen LogP contribution in [0.25, 0.3) is 16.9 Å². The maximum Gasteiger partial charge on any atom is 0.324 e. The van der Waals surface area contributed by atoms with Crippen LogP contribution in [0, 0.1) is 0 Å². The maximum atomic E-state index is 12.0. The molecule has 0 aliphatic carbocycles. The Bertz CT molecular complexity index is 1040. The summed E-state index contributed by atoms with van der Waals surface area (Å²) in [4.78, 5) is 16.5. The predicted molar refractivity (Wildman–Crippen MR) is 102 cm³/mol. The number of thiophene rings is 1. The number of amides is 2. The largest absolute Gasteiger partial charge is 0.480 e. The van der Waals surface area contributed by atoms with Gasteiger partial charge in [0.1, 0.15) is 0 Å². The summed E-state index contributed by atoms with van der Waals surface area (Å²) < 4.78 is 6.80. The van der Waals surface area contributed by atoms with Gasteiger partial charge in [-0.05, 0) is 35.7 Å². The van der Waals surface area contributed by atoms with Crippen molar-refractivity contribution in [3.05, 3.63) is 60.1 Å². The summed E-state index contributed by atoms with van der Waals surface area (Å²) in [6.45, 7) is 0. The molecule has 26 heavy (non-hydrogen) atoms. The molecule has 0 unspecified atom stereocenters. The highest BCUT2D eigenvalue weighted by Crippen LogP contribution is 2.22. The van der Waals surface area contributed by atoms with E-state index in [1.807, 2.05) is 54.0 Å². The van der Waals surface area contributed by atoms with Crippen molar-refractivity contribution in [2.24, 2.45) is 0 Å². The normalized spacial score (nSPS) is 10.7. The molecule has 0 spiro atoms. The van der Waals surface area contributed by atoms with Crippen molar-refractivity contribution in [2.75, 3.05) is 17.7 Å². The number of benzene rings is 1. The molecular weight excluding hydrogens is 350 g/mol. The van der Waals surface area contributed by atoms with Crippen molar-refractivity contribution < 1.29 is 9.53 Å². The molecule has 0 atom stereocenters. The van der Waals surface area contributed by atoms with Crippen LogP contribution in [0.3, 0.4) is 0 Å². The van der Waals surface area contributed by atoms with Crippen LogP contribution in [0.15, 0.2) is 60.1 Å². The van der Waals surface area contributed by atoms with Gasteiger partial charge in [-0.1, -0.05) is 12.1 Å². The number of anilines is 2. The molecule has 0 saturated carbocycles. The zero-order valence-electron chi connectivity index (χ0n) is 13.8. The van der Waals surface area contributed by atoms with Gasteiger partial charge in [-0.25, -0.2) is 14.3 Å². The van der Waals surface area contributed by atoms with Crippen LogP contribution in [-0.2, 0) is 0 Å². The summed E-state index contributed by atoms with van der Waals surface area (Å²) in [5.41, 5.74) is 3.16. The fourth-order valence-electron chi connectivity index (χ4n) is 2.46. The number of imidazole rings is 1. The van der Waals surface area contributed by atoms with E-state index in [2.05, 4.69) is 20.7 Å². The Labute approximate surface area is 153 Å². The van der Waals surface area contributed by atoms with Crippen LogP contribution in [0.2, 0.25) is 0 Å². The van der Waals surface area contributed by atoms with E-state index in [4.69, 9.17) is 4.74 Å². The number of methoxy groups -OCH3 is 1. The molecule has 0 aliphatic rings. The first-order chi connectivity index (χ1) is 12.7. The van der Waals surface area contributed by atoms with Crippen molar-refractivity contribution in [3.63, 3.8) is 0 Å². The minimum absolute atomic E-state index is 0.274. The summed E-state index contributed by atoms with van der Waals surface area (Å²) in [6, 6.07) is 14.5. The molecular formula is C18H15N5O2S. The van der Waals surface area contributed by atoms with Gasteiger partial charge in [0.2, 0.25) is 5.88 Å². The van der Waals surface area contributed by atoms with Crippen LogP contribution in [0.1, 0.15) is 0 Å². The number of rotatable bonds is 4. The number of ether oxygens (including phenoxy) is 1. The predicted octanol–water partition coefficient (Wildman–Crippen LogP) is 4.11. The number of nitrogens with zero attached hydrogens (tertiary/aromatic N) is 3. The van der Waals surface area contributed by atoms with Crippen LogP contribution >= 0.6 is 11.3 Å². The monoisotopic (exact) mass is 365 g/mol. The van der Waals surface area contributed by atoms with E-state index < -0.39 is 0 Å². The minimum Gasteiger partial charge on any atom is -0.480 e. The van der Waals surface area contributed by atoms with E-state index >= 15 is 0 Å². The van der Waals surface area contributed by atoms with Gasteiger partial charge in [-0.3, -0.25) is 5.32 Å². The third-order valence-corrected chi connectivity index (χ3v) is 4.49. The molecule has 0 bridgehead atoms. The number of hydrogen-bond donors (Lipinski definition) is 2. The third kappa shape index (κ3) is 3.35. The molecule has 7 nitrogen and oxygen atoms in total. The second kappa shape index (κ2) is 6.85. The third-order valence-electron chi connectivity index (χ3n) is 3.70. The lowest BCUT2D eigenvalue weighted by Crippen LogP contribution is -2.18. The topological polar surface area (TPSA) is 80.5 Å². The molecule has 0 saturated heterocycles. The average Bonchev–Trinajstić information content (AvgIpc) is 3.30. The molecule has 2 amide bonds. The van der Waals surface area contributed by atoms with Gasteiger partial charge in [0.05, 0.1) is 24.0 Å². The van der Waals surface area contributed by atoms with E-state index in [0.29, 0.717) is 11.6 Å². The molecule has 1 aromatic carbocycles. The van der Waals surface area contributed by atoms with Crippen molar-refractivity contribution >= 4 is 33.7 Å². The minimum atomic E-state index is -0.274. The van der Waals surface area contributed by atoms with Gasteiger partial charge < -0.3 is 10.1 Å². The highest BCUT2D eigenvalue weighted by atomic mass is 32.1. The molecule has 3 heterocycles. The van der Waals surface area contributed by atoms with Gasteiger partial charge in [0.25, 0.3) is 0 Å². The maximum absolute atomic E-state index is 12.0. The summed E-state index contributed by atoms with van der Waals surface area (Å²) in [7, 11) is 1.58. The molecule has 0 radical (unpaired) electrons. The van der Waals surface area contributed by atoms with Gasteiger partial charge >= 0.3 is 6.03 Å². The van der Waals surface area contributed by atoms with Crippen LogP contribution in [0.5, 0.6) is 5.88 Å². The molecule has 4 rings (SSSR count). The highest BCUT2D eigenvalue weighted by molar-refractivity contribution is 7.14. The first-order valence-corrected chi connectivity index (χ1v) is 8.71. The summed E-state index contributed by atoms with van der Waals surface area (Å²) >= 11 is 1.47. The molecule has 4 aromatic rings. The van der Waals surface area contributed by atoms with Crippen LogP contribution < -0.4 is 15.4 Å². The summed E-state index contributed by atoms with van der Waals surface area (Å²) in [6.07, 6.45) is 1.84. The lowest BCUT2D eigenvalue weighted by molar-refractivity contribution is 0.262. The Hall–Kier alpha value is -3.39. The molecule has 0 aliphatic heterocycles. The first kappa shape index (κ1) is 16.1. The second-order valence-electron chi connectivity index (χ2n) is 5.44. The van der Waals surface area contributed by atoms with Crippen molar-refractivity contribution in [1.82, 2.24) is 14.6 Å². The Morgan fingerprint density at radius 1 is 1.12 bits per heavy atom. The lowest BCUT2D eigenvalue weighted by atomic mass is 10.1. The fraction of sp³-hybridized carbons (Fsp3) is 0.0556. The van der Waals surface area contributed by atoms with E-state index in [0.717, 1.165) is 21.9 Å². The Morgan fingerprint density at radius 2 is 1.96 bits per heavy atom. The lowest BCUT2D eigenvalue weighted by Gasteiger charge is -2.06. The van der Waals surface area contributed by atoms with E-state index in [1.165, 1.54) is 11.3 Å². The van der Waals surface area contributed by atoms with Crippen LogP contribution in [0.4, 0.5) is 15.5 Å². The van der Waals surface area contributed by atoms with Gasteiger partial charge in [-0.15, -0.1) is 16.4 Å². The average molecular weight is 365 g/mol. The molecule has 3 aromatic heterocycles. The van der Waals surface area contributed by atoms with Crippen LogP contribution in [-0.4, -0.2) is 27.7 Å². The quantitative estimate of drug-likeness (QED) is 0.570. The van der Waals surface area contributed by atoms with E-state index in [-0.39, 0.29) is 6.03 Å². The molecule has 130 valence electrons. The van der Waals surface area contributed by atoms with Crippen molar-refractivity contribution in [2.45, 2.75) is 0 Å². The molecule has 2 N–H and O–H groups in total. The van der Waals surface area contributed by atoms with Gasteiger partial charge in [0.15, 0.2) is 5.65 Å². The van der Waals surface area contributed by atoms with E-state index in [1.54, 1.807) is 17.7 Å². The van der Waals surface area contributed by atoms with Crippen molar-refractivity contribution in [1.29, 1.82) is 0 Å². The number of aromatic nitrogens is 3. The SMILES string of the molecule is COc1ccc2nc(-c3ccc(NC(=O)Nc4cccs4)cc3)cn2n1. The zero-order chi connectivity index (χ0) is 17.9. The number of carbonyl (C=O) groups excluding carboxylic acids is 1. The van der Waals surface area contributed by atoms with Crippen molar-refractivity contribution in [3.8, 4) is 17.1 Å². The number of carbonyl (C=O) groups is 1. The standard InChI is InChI=1S/C18H15N5O2S/c1-25-16-9-8-15-20-14(11-23(15)22-16)12-4-6-13(7-5-12)19-18(24)21-17-3-2-10-26-17/h2-11H,1H3,(H2,19,21,24). The highest BCUT2D eigenvalue weighted by Gasteiger charge is 2.08. The smallest absolute Gasteiger partial charge is 0.324 e. The molecule has 8 heteroatoms. The van der Waals surface area contributed by atoms with Gasteiger partial charge in [-0.2, -0.15) is 0 Å². The van der Waals surface area contributed by atoms with E-state index in [9.17, 15) is 4.79 Å². The second-order valence-corrected chi connectivity index (χ2v) is 6.39. The summed E-state index contributed by atoms with van der Waals surface area (Å²) in [5.74, 6) is 0.526. The number of fused-ring (bicyclic) bond motifs is 1.